The van der Waals surface area contributed by atoms with E-state index in [-0.39, 0.29) is 18.1 Å². The molecule has 2 aliphatic rings. The third kappa shape index (κ3) is 2.65. The fourth-order valence-electron chi connectivity index (χ4n) is 3.43. The molecule has 0 spiro atoms. The standard InChI is InChI=1S/C16H19N3O4/c1-9-3-4-12(21-9)16(20)19-6-5-11-7-13(22-14(11)8-19)15-17-10(2)23-18-15/h3-4,11,13-14H,5-8H2,1-2H3/t11-,13-,14+/m0/s1. The van der Waals surface area contributed by atoms with Crippen LogP contribution in [0.3, 0.4) is 0 Å². The summed E-state index contributed by atoms with van der Waals surface area (Å²) in [6.45, 7) is 4.91. The number of nitrogens with zero attached hydrogens (tertiary/aromatic N) is 3. The molecule has 0 aromatic carbocycles. The van der Waals surface area contributed by atoms with Crippen LogP contribution in [0.4, 0.5) is 0 Å². The molecule has 0 saturated carbocycles. The van der Waals surface area contributed by atoms with Crippen LogP contribution < -0.4 is 0 Å². The van der Waals surface area contributed by atoms with Gasteiger partial charge in [-0.25, -0.2) is 0 Å². The van der Waals surface area contributed by atoms with E-state index in [1.807, 2.05) is 11.8 Å². The first kappa shape index (κ1) is 14.4. The number of hydrogen-bond acceptors (Lipinski definition) is 6. The van der Waals surface area contributed by atoms with E-state index in [1.165, 1.54) is 0 Å². The third-order valence-electron chi connectivity index (χ3n) is 4.62. The Bertz CT molecular complexity index is 722. The van der Waals surface area contributed by atoms with E-state index in [2.05, 4.69) is 10.1 Å². The normalized spacial score (nSPS) is 27.2. The summed E-state index contributed by atoms with van der Waals surface area (Å²) >= 11 is 0. The van der Waals surface area contributed by atoms with Gasteiger partial charge in [-0.3, -0.25) is 4.79 Å². The number of hydrogen-bond donors (Lipinski definition) is 0. The summed E-state index contributed by atoms with van der Waals surface area (Å²) in [4.78, 5) is 18.6. The monoisotopic (exact) mass is 317 g/mol. The zero-order valence-electron chi connectivity index (χ0n) is 13.2. The summed E-state index contributed by atoms with van der Waals surface area (Å²) in [5.74, 6) is 2.65. The topological polar surface area (TPSA) is 81.6 Å². The number of amides is 1. The van der Waals surface area contributed by atoms with E-state index in [0.717, 1.165) is 25.1 Å². The van der Waals surface area contributed by atoms with Gasteiger partial charge in [-0.15, -0.1) is 0 Å². The molecule has 23 heavy (non-hydrogen) atoms. The highest BCUT2D eigenvalue weighted by Gasteiger charge is 2.42. The number of rotatable bonds is 2. The summed E-state index contributed by atoms with van der Waals surface area (Å²) < 4.78 is 16.5. The van der Waals surface area contributed by atoms with E-state index in [9.17, 15) is 4.79 Å². The van der Waals surface area contributed by atoms with E-state index < -0.39 is 0 Å². The Labute approximate surface area is 133 Å². The van der Waals surface area contributed by atoms with Crippen molar-refractivity contribution in [2.24, 2.45) is 5.92 Å². The number of ether oxygens (including phenoxy) is 1. The van der Waals surface area contributed by atoms with Crippen molar-refractivity contribution in [2.75, 3.05) is 13.1 Å². The van der Waals surface area contributed by atoms with Gasteiger partial charge >= 0.3 is 0 Å². The van der Waals surface area contributed by atoms with Crippen molar-refractivity contribution in [1.82, 2.24) is 15.0 Å². The molecule has 122 valence electrons. The predicted molar refractivity (Wildman–Crippen MR) is 78.7 cm³/mol. The predicted octanol–water partition coefficient (Wildman–Crippen LogP) is 2.27. The molecule has 0 aliphatic carbocycles. The minimum atomic E-state index is -0.136. The smallest absolute Gasteiger partial charge is 0.289 e. The molecular weight excluding hydrogens is 298 g/mol. The molecule has 2 aliphatic heterocycles. The average Bonchev–Trinajstić information content (AvgIpc) is 3.24. The SMILES string of the molecule is Cc1ccc(C(=O)N2CC[C@H]3C[C@@H](c4noc(C)n4)O[C@@H]3C2)o1. The highest BCUT2D eigenvalue weighted by Crippen LogP contribution is 2.40. The lowest BCUT2D eigenvalue weighted by Gasteiger charge is -2.33. The Balaban J connectivity index is 1.44. The molecule has 2 aromatic heterocycles. The number of carbonyl (C=O) groups is 1. The molecule has 1 amide bonds. The Hall–Kier alpha value is -2.15. The molecule has 7 heteroatoms. The van der Waals surface area contributed by atoms with Crippen molar-refractivity contribution in [2.45, 2.75) is 38.9 Å². The molecule has 2 fully saturated rings. The van der Waals surface area contributed by atoms with Gasteiger partial charge in [-0.2, -0.15) is 4.98 Å². The first-order valence-corrected chi connectivity index (χ1v) is 7.91. The number of aromatic nitrogens is 2. The van der Waals surface area contributed by atoms with Gasteiger partial charge in [0, 0.05) is 20.0 Å². The van der Waals surface area contributed by atoms with E-state index in [1.54, 1.807) is 19.1 Å². The van der Waals surface area contributed by atoms with E-state index in [4.69, 9.17) is 13.7 Å². The fourth-order valence-corrected chi connectivity index (χ4v) is 3.43. The van der Waals surface area contributed by atoms with Crippen molar-refractivity contribution in [1.29, 1.82) is 0 Å². The van der Waals surface area contributed by atoms with Crippen LogP contribution in [0.5, 0.6) is 0 Å². The molecular formula is C16H19N3O4. The Morgan fingerprint density at radius 3 is 2.91 bits per heavy atom. The number of furan rings is 1. The second-order valence-corrected chi connectivity index (χ2v) is 6.28. The van der Waals surface area contributed by atoms with Gasteiger partial charge in [0.15, 0.2) is 5.76 Å². The molecule has 0 unspecified atom stereocenters. The molecule has 2 saturated heterocycles. The molecule has 7 nitrogen and oxygen atoms in total. The minimum Gasteiger partial charge on any atom is -0.456 e. The molecule has 4 heterocycles. The Morgan fingerprint density at radius 2 is 2.22 bits per heavy atom. The first-order valence-electron chi connectivity index (χ1n) is 7.91. The highest BCUT2D eigenvalue weighted by atomic mass is 16.5. The maximum absolute atomic E-state index is 12.5. The van der Waals surface area contributed by atoms with Crippen LogP contribution in [-0.2, 0) is 4.74 Å². The van der Waals surface area contributed by atoms with Crippen LogP contribution >= 0.6 is 0 Å². The van der Waals surface area contributed by atoms with E-state index in [0.29, 0.717) is 29.9 Å². The lowest BCUT2D eigenvalue weighted by Crippen LogP contribution is -2.45. The summed E-state index contributed by atoms with van der Waals surface area (Å²) in [6.07, 6.45) is 1.69. The maximum atomic E-state index is 12.5. The van der Waals surface area contributed by atoms with Crippen LogP contribution in [0, 0.1) is 19.8 Å². The zero-order chi connectivity index (χ0) is 16.0. The number of likely N-dealkylation sites (tertiary alicyclic amines) is 1. The van der Waals surface area contributed by atoms with Gasteiger partial charge in [0.05, 0.1) is 6.10 Å². The fraction of sp³-hybridized carbons (Fsp3) is 0.562. The van der Waals surface area contributed by atoms with Crippen LogP contribution in [-0.4, -0.2) is 40.1 Å². The van der Waals surface area contributed by atoms with Crippen molar-refractivity contribution in [3.8, 4) is 0 Å². The minimum absolute atomic E-state index is 0.0209. The van der Waals surface area contributed by atoms with Crippen molar-refractivity contribution in [3.05, 3.63) is 35.4 Å². The zero-order valence-corrected chi connectivity index (χ0v) is 13.2. The van der Waals surface area contributed by atoms with Crippen molar-refractivity contribution < 1.29 is 18.5 Å². The summed E-state index contributed by atoms with van der Waals surface area (Å²) in [5.41, 5.74) is 0. The quantitative estimate of drug-likeness (QED) is 0.845. The third-order valence-corrected chi connectivity index (χ3v) is 4.62. The number of aryl methyl sites for hydroxylation is 2. The average molecular weight is 317 g/mol. The van der Waals surface area contributed by atoms with Gasteiger partial charge in [0.2, 0.25) is 11.7 Å². The van der Waals surface area contributed by atoms with Crippen LogP contribution in [0.15, 0.2) is 21.1 Å². The van der Waals surface area contributed by atoms with Gasteiger partial charge < -0.3 is 18.6 Å². The second kappa shape index (κ2) is 5.49. The Kier molecular flexibility index (Phi) is 3.45. The van der Waals surface area contributed by atoms with Gasteiger partial charge in [-0.1, -0.05) is 5.16 Å². The summed E-state index contributed by atoms with van der Waals surface area (Å²) in [6, 6.07) is 3.53. The molecule has 0 bridgehead atoms. The van der Waals surface area contributed by atoms with Gasteiger partial charge in [0.1, 0.15) is 11.9 Å². The number of fused-ring (bicyclic) bond motifs is 1. The number of piperidine rings is 1. The van der Waals surface area contributed by atoms with Gasteiger partial charge in [-0.05, 0) is 37.8 Å². The van der Waals surface area contributed by atoms with Crippen LogP contribution in [0.2, 0.25) is 0 Å². The van der Waals surface area contributed by atoms with Gasteiger partial charge in [0.25, 0.3) is 5.91 Å². The summed E-state index contributed by atoms with van der Waals surface area (Å²) in [5, 5.41) is 3.95. The molecule has 0 N–H and O–H groups in total. The lowest BCUT2D eigenvalue weighted by molar-refractivity contribution is -0.00825. The van der Waals surface area contributed by atoms with Crippen LogP contribution in [0.1, 0.15) is 47.0 Å². The highest BCUT2D eigenvalue weighted by molar-refractivity contribution is 5.91. The molecule has 3 atom stereocenters. The number of carbonyl (C=O) groups excluding carboxylic acids is 1. The van der Waals surface area contributed by atoms with E-state index >= 15 is 0 Å². The van der Waals surface area contributed by atoms with Crippen molar-refractivity contribution in [3.63, 3.8) is 0 Å². The first-order chi connectivity index (χ1) is 11.1. The van der Waals surface area contributed by atoms with Crippen LogP contribution in [0.25, 0.3) is 0 Å². The summed E-state index contributed by atoms with van der Waals surface area (Å²) in [7, 11) is 0. The molecule has 4 rings (SSSR count). The second-order valence-electron chi connectivity index (χ2n) is 6.28. The van der Waals surface area contributed by atoms with Crippen molar-refractivity contribution >= 4 is 5.91 Å². The molecule has 2 aromatic rings. The Morgan fingerprint density at radius 1 is 1.35 bits per heavy atom. The largest absolute Gasteiger partial charge is 0.456 e. The maximum Gasteiger partial charge on any atom is 0.289 e. The molecule has 0 radical (unpaired) electrons. The lowest BCUT2D eigenvalue weighted by atomic mass is 9.91.